The van der Waals surface area contributed by atoms with E-state index in [2.05, 4.69) is 0 Å². The van der Waals surface area contributed by atoms with Crippen molar-refractivity contribution in [2.45, 2.75) is 6.92 Å². The summed E-state index contributed by atoms with van der Waals surface area (Å²) in [5.74, 6) is -0.833. The van der Waals surface area contributed by atoms with Crippen LogP contribution in [-0.4, -0.2) is 93.1 Å². The van der Waals surface area contributed by atoms with Crippen LogP contribution in [0.15, 0.2) is 0 Å². The second kappa shape index (κ2) is 264. The molecule has 0 fully saturated rings. The minimum atomic E-state index is -0.833. The van der Waals surface area contributed by atoms with Gasteiger partial charge in [-0.1, -0.05) is 0 Å². The summed E-state index contributed by atoms with van der Waals surface area (Å²) in [4.78, 5) is 9.00. The first kappa shape index (κ1) is 328. The average Bonchev–Trinajstić information content (AvgIpc) is 0.811. The summed E-state index contributed by atoms with van der Waals surface area (Å²) in [7, 11) is 0. The van der Waals surface area contributed by atoms with Crippen molar-refractivity contribution >= 4 is 33.3 Å². The summed E-state index contributed by atoms with van der Waals surface area (Å²) >= 11 is 0. The zero-order valence-electron chi connectivity index (χ0n) is 8.06. The number of rotatable bonds is 0. The summed E-state index contributed by atoms with van der Waals surface area (Å²) in [5.41, 5.74) is 0. The van der Waals surface area contributed by atoms with E-state index in [0.29, 0.717) is 0 Å². The molecule has 0 aromatic rings. The molecule has 0 heterocycles. The van der Waals surface area contributed by atoms with Gasteiger partial charge in [-0.25, -0.2) is 0 Å². The van der Waals surface area contributed by atoms with E-state index in [4.69, 9.17) is 9.90 Å². The molecule has 2 radical (unpaired) electrons. The molecule has 0 aliphatic rings. The normalized spacial score (nSPS) is 1.67. The van der Waals surface area contributed by atoms with Crippen LogP contribution in [0, 0.1) is 0 Å². The van der Waals surface area contributed by atoms with Crippen molar-refractivity contribution in [1.29, 1.82) is 0 Å². The van der Waals surface area contributed by atoms with Crippen LogP contribution in [0.4, 0.5) is 0 Å². The first-order chi connectivity index (χ1) is 1.73. The first-order valence-electron chi connectivity index (χ1n) is 0.928. The molecule has 13 heteroatoms. The molecule has 0 saturated heterocycles. The number of hydrogen-bond acceptors (Lipinski definition) is 1. The summed E-state index contributed by atoms with van der Waals surface area (Å²) < 4.78 is 0. The molecule has 0 spiro atoms. The van der Waals surface area contributed by atoms with Crippen LogP contribution >= 0.6 is 0 Å². The molecular formula is C2H26O12Pb. The second-order valence-corrected chi connectivity index (χ2v) is 0.519. The summed E-state index contributed by atoms with van der Waals surface area (Å²) in [6, 6.07) is 0. The SMILES string of the molecule is CC(=O)O.O.O.O.O.O.O.O.O.O.O.[PbH2]. The topological polar surface area (TPSA) is 352 Å². The van der Waals surface area contributed by atoms with Crippen molar-refractivity contribution in [3.05, 3.63) is 0 Å². The number of carboxylic acids is 1. The average molecular weight is 449 g/mol. The third kappa shape index (κ3) is 32100000. The fraction of sp³-hybridized carbons (Fsp3) is 0.500. The molecule has 0 saturated carbocycles. The Morgan fingerprint density at radius 3 is 0.667 bits per heavy atom. The van der Waals surface area contributed by atoms with Gasteiger partial charge in [0.1, 0.15) is 0 Å². The molecule has 0 atom stereocenters. The van der Waals surface area contributed by atoms with Crippen molar-refractivity contribution in [3.8, 4) is 0 Å². The maximum absolute atomic E-state index is 9.00. The standard InChI is InChI=1S/C2H4O2.10H2O.Pb.2H/c1-2(3)4;;;;;;;;;;;;;/h1H3,(H,3,4);10*1H2;;;. The molecule has 0 aliphatic carbocycles. The molecule has 0 unspecified atom stereocenters. The number of carbonyl (C=O) groups is 1. The molecule has 110 valence electrons. The molecule has 15 heavy (non-hydrogen) atoms. The van der Waals surface area contributed by atoms with Gasteiger partial charge in [0.25, 0.3) is 5.97 Å². The number of aliphatic carboxylic acids is 1. The minimum absolute atomic E-state index is 0. The number of carboxylic acid groups (broad SMARTS) is 1. The summed E-state index contributed by atoms with van der Waals surface area (Å²) in [5, 5.41) is 7.42. The van der Waals surface area contributed by atoms with Gasteiger partial charge in [-0.2, -0.15) is 0 Å². The second-order valence-electron chi connectivity index (χ2n) is 0.519. The molecule has 0 bridgehead atoms. The summed E-state index contributed by atoms with van der Waals surface area (Å²) in [6.45, 7) is 1.08. The molecular weight excluding hydrogens is 423 g/mol. The Kier molecular flexibility index (Phi) is 5770. The van der Waals surface area contributed by atoms with Gasteiger partial charge in [-0.3, -0.25) is 4.79 Å². The molecule has 12 nitrogen and oxygen atoms in total. The quantitative estimate of drug-likeness (QED) is 0.352. The van der Waals surface area contributed by atoms with Crippen molar-refractivity contribution in [2.24, 2.45) is 0 Å². The zero-order chi connectivity index (χ0) is 3.58. The van der Waals surface area contributed by atoms with Crippen molar-refractivity contribution in [3.63, 3.8) is 0 Å². The van der Waals surface area contributed by atoms with Crippen LogP contribution in [-0.2, 0) is 4.79 Å². The van der Waals surface area contributed by atoms with Crippen LogP contribution in [0.3, 0.4) is 0 Å². The van der Waals surface area contributed by atoms with Gasteiger partial charge >= 0.3 is 27.3 Å². The number of hydrogen-bond donors (Lipinski definition) is 1. The van der Waals surface area contributed by atoms with Crippen LogP contribution in [0.25, 0.3) is 0 Å². The Bertz CT molecular complexity index is 36.6. The molecule has 0 aromatic carbocycles. The Labute approximate surface area is 105 Å². The zero-order valence-corrected chi connectivity index (χ0v) is 13.6. The van der Waals surface area contributed by atoms with E-state index in [9.17, 15) is 0 Å². The van der Waals surface area contributed by atoms with Gasteiger partial charge in [0.2, 0.25) is 0 Å². The van der Waals surface area contributed by atoms with Gasteiger partial charge < -0.3 is 59.9 Å². The van der Waals surface area contributed by atoms with E-state index in [1.807, 2.05) is 0 Å². The van der Waals surface area contributed by atoms with E-state index in [-0.39, 0.29) is 82.1 Å². The Hall–Kier alpha value is -0.00792. The van der Waals surface area contributed by atoms with Crippen LogP contribution in [0.5, 0.6) is 0 Å². The Balaban J connectivity index is -0.000000000818. The monoisotopic (exact) mass is 450 g/mol. The Morgan fingerprint density at radius 2 is 0.667 bits per heavy atom. The molecule has 21 N–H and O–H groups in total. The van der Waals surface area contributed by atoms with Gasteiger partial charge in [0.05, 0.1) is 0 Å². The van der Waals surface area contributed by atoms with Crippen LogP contribution in [0.2, 0.25) is 0 Å². The van der Waals surface area contributed by atoms with E-state index in [0.717, 1.165) is 6.92 Å². The van der Waals surface area contributed by atoms with Gasteiger partial charge in [0.15, 0.2) is 0 Å². The van der Waals surface area contributed by atoms with Crippen molar-refractivity contribution < 1.29 is 64.7 Å². The fourth-order valence-corrected chi connectivity index (χ4v) is 0. The molecule has 0 amide bonds. The van der Waals surface area contributed by atoms with Gasteiger partial charge in [0, 0.05) is 6.92 Å². The molecule has 0 rings (SSSR count). The third-order valence-corrected chi connectivity index (χ3v) is 0. The maximum atomic E-state index is 9.00. The molecule has 0 aromatic heterocycles. The molecule has 0 aliphatic heterocycles. The van der Waals surface area contributed by atoms with E-state index < -0.39 is 5.97 Å². The van der Waals surface area contributed by atoms with Crippen molar-refractivity contribution in [2.75, 3.05) is 0 Å². The predicted molar refractivity (Wildman–Crippen MR) is 58.0 cm³/mol. The predicted octanol–water partition coefficient (Wildman–Crippen LogP) is -9.07. The first-order valence-corrected chi connectivity index (χ1v) is 0.928. The van der Waals surface area contributed by atoms with E-state index in [1.54, 1.807) is 0 Å². The van der Waals surface area contributed by atoms with Gasteiger partial charge in [-0.05, 0) is 0 Å². The Morgan fingerprint density at radius 1 is 0.667 bits per heavy atom. The summed E-state index contributed by atoms with van der Waals surface area (Å²) in [6.07, 6.45) is 0. The fourth-order valence-electron chi connectivity index (χ4n) is 0. The third-order valence-electron chi connectivity index (χ3n) is 0. The van der Waals surface area contributed by atoms with E-state index in [1.165, 1.54) is 0 Å². The van der Waals surface area contributed by atoms with Gasteiger partial charge in [-0.15, -0.1) is 0 Å². The van der Waals surface area contributed by atoms with Crippen molar-refractivity contribution in [1.82, 2.24) is 0 Å². The van der Waals surface area contributed by atoms with Crippen LogP contribution < -0.4 is 0 Å². The van der Waals surface area contributed by atoms with E-state index >= 15 is 0 Å². The van der Waals surface area contributed by atoms with Crippen LogP contribution in [0.1, 0.15) is 6.92 Å².